The fourth-order valence-electron chi connectivity index (χ4n) is 3.49. The summed E-state index contributed by atoms with van der Waals surface area (Å²) in [5, 5.41) is 0. The lowest BCUT2D eigenvalue weighted by Gasteiger charge is -2.28. The molecule has 0 bridgehead atoms. The molecule has 0 unspecified atom stereocenters. The van der Waals surface area contributed by atoms with Crippen LogP contribution in [0.25, 0.3) is 28.1 Å². The molecule has 0 atom stereocenters. The van der Waals surface area contributed by atoms with E-state index < -0.39 is 0 Å². The van der Waals surface area contributed by atoms with Gasteiger partial charge in [0, 0.05) is 36.7 Å². The van der Waals surface area contributed by atoms with Crippen molar-refractivity contribution in [3.05, 3.63) is 66.9 Å². The standard InChI is InChI=1S/C21H18FN5O/c22-16-1-3-17(4-2-16)27-19-14-23-7-6-18(19)25-21(27)15-5-8-24-20(13-15)26-9-11-28-12-10-26/h1-8,13-14H,9-12H2. The van der Waals surface area contributed by atoms with Crippen molar-refractivity contribution in [3.8, 4) is 17.1 Å². The van der Waals surface area contributed by atoms with E-state index in [1.165, 1.54) is 12.1 Å². The molecule has 0 radical (unpaired) electrons. The van der Waals surface area contributed by atoms with Gasteiger partial charge in [0.25, 0.3) is 0 Å². The second-order valence-electron chi connectivity index (χ2n) is 6.61. The van der Waals surface area contributed by atoms with E-state index in [0.717, 1.165) is 47.0 Å². The Morgan fingerprint density at radius 3 is 2.61 bits per heavy atom. The zero-order chi connectivity index (χ0) is 18.9. The van der Waals surface area contributed by atoms with Crippen molar-refractivity contribution in [2.75, 3.05) is 31.2 Å². The van der Waals surface area contributed by atoms with Crippen LogP contribution in [0.2, 0.25) is 0 Å². The molecule has 0 aliphatic carbocycles. The van der Waals surface area contributed by atoms with Crippen LogP contribution in [0.4, 0.5) is 10.2 Å². The number of aromatic nitrogens is 4. The molecular formula is C21H18FN5O. The van der Waals surface area contributed by atoms with Crippen molar-refractivity contribution < 1.29 is 9.13 Å². The van der Waals surface area contributed by atoms with Crippen molar-refractivity contribution in [1.29, 1.82) is 0 Å². The van der Waals surface area contributed by atoms with Gasteiger partial charge in [0.2, 0.25) is 0 Å². The predicted octanol–water partition coefficient (Wildman–Crippen LogP) is 3.46. The second-order valence-corrected chi connectivity index (χ2v) is 6.61. The summed E-state index contributed by atoms with van der Waals surface area (Å²) < 4.78 is 20.9. The van der Waals surface area contributed by atoms with Gasteiger partial charge in [0.1, 0.15) is 17.5 Å². The summed E-state index contributed by atoms with van der Waals surface area (Å²) in [5.41, 5.74) is 3.47. The first-order valence-corrected chi connectivity index (χ1v) is 9.17. The van der Waals surface area contributed by atoms with Gasteiger partial charge in [-0.15, -0.1) is 0 Å². The van der Waals surface area contributed by atoms with Gasteiger partial charge in [0.05, 0.1) is 30.4 Å². The Balaban J connectivity index is 1.67. The third-order valence-corrected chi connectivity index (χ3v) is 4.88. The van der Waals surface area contributed by atoms with Crippen molar-refractivity contribution >= 4 is 16.9 Å². The summed E-state index contributed by atoms with van der Waals surface area (Å²) >= 11 is 0. The highest BCUT2D eigenvalue weighted by Gasteiger charge is 2.17. The number of benzene rings is 1. The Kier molecular flexibility index (Phi) is 4.21. The number of hydrogen-bond donors (Lipinski definition) is 0. The van der Waals surface area contributed by atoms with Crippen LogP contribution >= 0.6 is 0 Å². The minimum absolute atomic E-state index is 0.272. The van der Waals surface area contributed by atoms with Gasteiger partial charge < -0.3 is 9.64 Å². The van der Waals surface area contributed by atoms with Crippen molar-refractivity contribution in [3.63, 3.8) is 0 Å². The maximum absolute atomic E-state index is 13.5. The highest BCUT2D eigenvalue weighted by atomic mass is 19.1. The van der Waals surface area contributed by atoms with Crippen LogP contribution in [-0.4, -0.2) is 45.8 Å². The van der Waals surface area contributed by atoms with Gasteiger partial charge in [-0.2, -0.15) is 0 Å². The van der Waals surface area contributed by atoms with E-state index in [-0.39, 0.29) is 5.82 Å². The highest BCUT2D eigenvalue weighted by Crippen LogP contribution is 2.29. The van der Waals surface area contributed by atoms with E-state index in [1.54, 1.807) is 30.7 Å². The predicted molar refractivity (Wildman–Crippen MR) is 105 cm³/mol. The lowest BCUT2D eigenvalue weighted by Crippen LogP contribution is -2.36. The summed E-state index contributed by atoms with van der Waals surface area (Å²) in [6.07, 6.45) is 5.30. The number of morpholine rings is 1. The summed E-state index contributed by atoms with van der Waals surface area (Å²) in [7, 11) is 0. The van der Waals surface area contributed by atoms with Crippen LogP contribution in [0.15, 0.2) is 61.1 Å². The quantitative estimate of drug-likeness (QED) is 0.549. The fourth-order valence-corrected chi connectivity index (χ4v) is 3.49. The van der Waals surface area contributed by atoms with E-state index in [1.807, 2.05) is 22.8 Å². The number of fused-ring (bicyclic) bond motifs is 1. The lowest BCUT2D eigenvalue weighted by atomic mass is 10.2. The molecule has 0 spiro atoms. The summed E-state index contributed by atoms with van der Waals surface area (Å²) in [6.45, 7) is 3.03. The average molecular weight is 375 g/mol. The van der Waals surface area contributed by atoms with Crippen molar-refractivity contribution in [2.45, 2.75) is 0 Å². The normalized spacial score (nSPS) is 14.5. The molecule has 3 aromatic heterocycles. The molecule has 0 saturated carbocycles. The van der Waals surface area contributed by atoms with Gasteiger partial charge >= 0.3 is 0 Å². The van der Waals surface area contributed by atoms with E-state index in [0.29, 0.717) is 13.2 Å². The molecule has 7 heteroatoms. The molecule has 6 nitrogen and oxygen atoms in total. The smallest absolute Gasteiger partial charge is 0.145 e. The summed E-state index contributed by atoms with van der Waals surface area (Å²) in [4.78, 5) is 15.8. The lowest BCUT2D eigenvalue weighted by molar-refractivity contribution is 0.122. The maximum atomic E-state index is 13.5. The molecule has 28 heavy (non-hydrogen) atoms. The van der Waals surface area contributed by atoms with E-state index >= 15 is 0 Å². The van der Waals surface area contributed by atoms with Crippen LogP contribution in [-0.2, 0) is 4.74 Å². The van der Waals surface area contributed by atoms with Gasteiger partial charge in [0.15, 0.2) is 0 Å². The third kappa shape index (κ3) is 2.99. The van der Waals surface area contributed by atoms with Crippen LogP contribution in [0.5, 0.6) is 0 Å². The molecule has 1 fully saturated rings. The summed E-state index contributed by atoms with van der Waals surface area (Å²) in [5.74, 6) is 1.40. The molecule has 140 valence electrons. The number of ether oxygens (including phenoxy) is 1. The summed E-state index contributed by atoms with van der Waals surface area (Å²) in [6, 6.07) is 12.3. The molecule has 0 N–H and O–H groups in total. The fraction of sp³-hybridized carbons (Fsp3) is 0.190. The minimum atomic E-state index is -0.272. The Bertz CT molecular complexity index is 1120. The van der Waals surface area contributed by atoms with Crippen molar-refractivity contribution in [2.24, 2.45) is 0 Å². The Morgan fingerprint density at radius 1 is 0.964 bits per heavy atom. The first kappa shape index (κ1) is 16.8. The molecule has 4 aromatic rings. The van der Waals surface area contributed by atoms with E-state index in [2.05, 4.69) is 14.9 Å². The number of pyridine rings is 2. The van der Waals surface area contributed by atoms with E-state index in [9.17, 15) is 4.39 Å². The van der Waals surface area contributed by atoms with Gasteiger partial charge in [-0.1, -0.05) is 0 Å². The highest BCUT2D eigenvalue weighted by molar-refractivity contribution is 5.82. The first-order chi connectivity index (χ1) is 13.8. The molecule has 4 heterocycles. The molecule has 1 aliphatic heterocycles. The third-order valence-electron chi connectivity index (χ3n) is 4.88. The molecule has 5 rings (SSSR count). The Morgan fingerprint density at radius 2 is 1.79 bits per heavy atom. The molecule has 0 amide bonds. The van der Waals surface area contributed by atoms with E-state index in [4.69, 9.17) is 9.72 Å². The number of anilines is 1. The largest absolute Gasteiger partial charge is 0.378 e. The zero-order valence-electron chi connectivity index (χ0n) is 15.1. The SMILES string of the molecule is Fc1ccc(-n2c(-c3ccnc(N4CCOCC4)c3)nc3ccncc32)cc1. The van der Waals surface area contributed by atoms with Gasteiger partial charge in [-0.05, 0) is 42.5 Å². The number of halogens is 1. The first-order valence-electron chi connectivity index (χ1n) is 9.17. The van der Waals surface area contributed by atoms with Gasteiger partial charge in [-0.3, -0.25) is 9.55 Å². The zero-order valence-corrected chi connectivity index (χ0v) is 15.1. The van der Waals surface area contributed by atoms with Crippen LogP contribution in [0, 0.1) is 5.82 Å². The Labute approximate surface area is 161 Å². The number of imidazole rings is 1. The topological polar surface area (TPSA) is 56.1 Å². The van der Waals surface area contributed by atoms with Crippen LogP contribution < -0.4 is 4.90 Å². The molecular weight excluding hydrogens is 357 g/mol. The van der Waals surface area contributed by atoms with Crippen LogP contribution in [0.1, 0.15) is 0 Å². The second kappa shape index (κ2) is 7.01. The molecule has 1 saturated heterocycles. The molecule has 1 aliphatic rings. The minimum Gasteiger partial charge on any atom is -0.378 e. The van der Waals surface area contributed by atoms with Crippen LogP contribution in [0.3, 0.4) is 0 Å². The number of hydrogen-bond acceptors (Lipinski definition) is 5. The average Bonchev–Trinajstić information content (AvgIpc) is 3.15. The van der Waals surface area contributed by atoms with Crippen molar-refractivity contribution in [1.82, 2.24) is 19.5 Å². The monoisotopic (exact) mass is 375 g/mol. The molecule has 1 aromatic carbocycles. The number of nitrogens with zero attached hydrogens (tertiary/aromatic N) is 5. The van der Waals surface area contributed by atoms with Gasteiger partial charge in [-0.25, -0.2) is 14.4 Å². The maximum Gasteiger partial charge on any atom is 0.145 e. The number of rotatable bonds is 3. The Hall–Kier alpha value is -3.32.